The number of benzene rings is 1. The number of aliphatic carboxylic acids is 1. The highest BCUT2D eigenvalue weighted by atomic mass is 35.5. The molecule has 1 rings (SSSR count). The van der Waals surface area contributed by atoms with Gasteiger partial charge in [-0.3, -0.25) is 0 Å². The lowest BCUT2D eigenvalue weighted by Crippen LogP contribution is -2.13. The molecule has 15 heavy (non-hydrogen) atoms. The molecule has 1 aromatic carbocycles. The zero-order valence-electron chi connectivity index (χ0n) is 8.11. The highest BCUT2D eigenvalue weighted by Crippen LogP contribution is 2.13. The van der Waals surface area contributed by atoms with E-state index >= 15 is 0 Å². The number of hydrogen-bond acceptors (Lipinski definition) is 2. The second-order valence-corrected chi connectivity index (χ2v) is 3.37. The topological polar surface area (TPSA) is 49.3 Å². The summed E-state index contributed by atoms with van der Waals surface area (Å²) in [6.07, 6.45) is 2.67. The van der Waals surface area contributed by atoms with Gasteiger partial charge in [-0.25, -0.2) is 4.79 Å². The summed E-state index contributed by atoms with van der Waals surface area (Å²) in [5.41, 5.74) is 1.00. The van der Waals surface area contributed by atoms with Gasteiger partial charge in [-0.05, 0) is 11.6 Å². The van der Waals surface area contributed by atoms with Gasteiger partial charge >= 0.3 is 5.97 Å². The van der Waals surface area contributed by atoms with Crippen molar-refractivity contribution in [1.82, 2.24) is 5.32 Å². The smallest absolute Gasteiger partial charge is 0.328 e. The van der Waals surface area contributed by atoms with Crippen LogP contribution in [0.1, 0.15) is 5.56 Å². The maximum absolute atomic E-state index is 10.2. The molecule has 3 nitrogen and oxygen atoms in total. The Balaban J connectivity index is 2.32. The van der Waals surface area contributed by atoms with E-state index in [1.54, 1.807) is 6.08 Å². The van der Waals surface area contributed by atoms with Crippen LogP contribution in [0.25, 0.3) is 0 Å². The highest BCUT2D eigenvalue weighted by molar-refractivity contribution is 6.31. The Bertz CT molecular complexity index is 363. The summed E-state index contributed by atoms with van der Waals surface area (Å²) < 4.78 is 0. The lowest BCUT2D eigenvalue weighted by atomic mass is 10.2. The zero-order chi connectivity index (χ0) is 11.1. The van der Waals surface area contributed by atoms with Crippen molar-refractivity contribution in [1.29, 1.82) is 0 Å². The van der Waals surface area contributed by atoms with Crippen LogP contribution >= 0.6 is 11.6 Å². The van der Waals surface area contributed by atoms with Gasteiger partial charge in [-0.15, -0.1) is 0 Å². The van der Waals surface area contributed by atoms with Crippen molar-refractivity contribution in [3.63, 3.8) is 0 Å². The van der Waals surface area contributed by atoms with E-state index in [1.807, 2.05) is 24.3 Å². The molecule has 0 atom stereocenters. The van der Waals surface area contributed by atoms with Crippen LogP contribution < -0.4 is 5.32 Å². The maximum Gasteiger partial charge on any atom is 0.328 e. The van der Waals surface area contributed by atoms with Gasteiger partial charge in [-0.2, -0.15) is 0 Å². The second-order valence-electron chi connectivity index (χ2n) is 2.96. The van der Waals surface area contributed by atoms with Crippen LogP contribution in [0.2, 0.25) is 5.02 Å². The Labute approximate surface area is 93.4 Å². The van der Waals surface area contributed by atoms with Gasteiger partial charge in [0.05, 0.1) is 0 Å². The van der Waals surface area contributed by atoms with Gasteiger partial charge in [-0.1, -0.05) is 35.9 Å². The van der Waals surface area contributed by atoms with E-state index < -0.39 is 5.97 Å². The summed E-state index contributed by atoms with van der Waals surface area (Å²) in [4.78, 5) is 10.2. The average molecular weight is 226 g/mol. The van der Waals surface area contributed by atoms with Crippen molar-refractivity contribution >= 4 is 17.6 Å². The Morgan fingerprint density at radius 2 is 2.20 bits per heavy atom. The molecular formula is C11H12ClNO2. The van der Waals surface area contributed by atoms with E-state index in [4.69, 9.17) is 16.7 Å². The molecule has 0 radical (unpaired) electrons. The van der Waals surface area contributed by atoms with Crippen LogP contribution in [-0.2, 0) is 11.3 Å². The number of carbonyl (C=O) groups is 1. The molecule has 0 aliphatic rings. The number of carboxylic acids is 1. The summed E-state index contributed by atoms with van der Waals surface area (Å²) in [5, 5.41) is 12.1. The van der Waals surface area contributed by atoms with Gasteiger partial charge in [0.2, 0.25) is 0 Å². The Morgan fingerprint density at radius 1 is 1.47 bits per heavy atom. The van der Waals surface area contributed by atoms with E-state index in [-0.39, 0.29) is 0 Å². The minimum atomic E-state index is -0.936. The summed E-state index contributed by atoms with van der Waals surface area (Å²) >= 11 is 5.94. The van der Waals surface area contributed by atoms with Crippen LogP contribution in [0.4, 0.5) is 0 Å². The predicted molar refractivity (Wildman–Crippen MR) is 59.9 cm³/mol. The Kier molecular flexibility index (Phi) is 4.87. The average Bonchev–Trinajstić information content (AvgIpc) is 2.20. The summed E-state index contributed by atoms with van der Waals surface area (Å²) in [5.74, 6) is -0.936. The van der Waals surface area contributed by atoms with Crippen molar-refractivity contribution < 1.29 is 9.90 Å². The molecule has 0 spiro atoms. The van der Waals surface area contributed by atoms with E-state index in [9.17, 15) is 4.79 Å². The lowest BCUT2D eigenvalue weighted by molar-refractivity contribution is -0.131. The number of hydrogen-bond donors (Lipinski definition) is 2. The molecule has 4 heteroatoms. The fourth-order valence-electron chi connectivity index (χ4n) is 1.09. The SMILES string of the molecule is O=C(O)/C=C/CNCc1ccccc1Cl. The first-order valence-electron chi connectivity index (χ1n) is 4.53. The molecule has 0 heterocycles. The van der Waals surface area contributed by atoms with Crippen molar-refractivity contribution in [3.05, 3.63) is 47.0 Å². The third kappa shape index (κ3) is 4.63. The molecule has 0 aliphatic carbocycles. The highest BCUT2D eigenvalue weighted by Gasteiger charge is 1.96. The lowest BCUT2D eigenvalue weighted by Gasteiger charge is -2.03. The standard InChI is InChI=1S/C11H12ClNO2/c12-10-5-2-1-4-9(10)8-13-7-3-6-11(14)15/h1-6,13H,7-8H2,(H,14,15)/b6-3+. The molecule has 0 bridgehead atoms. The first-order valence-corrected chi connectivity index (χ1v) is 4.91. The normalized spacial score (nSPS) is 10.7. The van der Waals surface area contributed by atoms with Crippen LogP contribution in [0, 0.1) is 0 Å². The number of halogens is 1. The molecule has 0 amide bonds. The third-order valence-corrected chi connectivity index (χ3v) is 2.16. The second kappa shape index (κ2) is 6.22. The van der Waals surface area contributed by atoms with E-state index in [1.165, 1.54) is 0 Å². The predicted octanol–water partition coefficient (Wildman–Crippen LogP) is 2.07. The van der Waals surface area contributed by atoms with Crippen LogP contribution in [0.3, 0.4) is 0 Å². The molecule has 0 aliphatic heterocycles. The quantitative estimate of drug-likeness (QED) is 0.596. The molecular weight excluding hydrogens is 214 g/mol. The van der Waals surface area contributed by atoms with Gasteiger partial charge in [0.1, 0.15) is 0 Å². The molecule has 0 fully saturated rings. The molecule has 0 saturated heterocycles. The van der Waals surface area contributed by atoms with E-state index in [0.29, 0.717) is 18.1 Å². The minimum Gasteiger partial charge on any atom is -0.478 e. The zero-order valence-corrected chi connectivity index (χ0v) is 8.87. The number of rotatable bonds is 5. The molecule has 0 saturated carbocycles. The molecule has 80 valence electrons. The van der Waals surface area contributed by atoms with Crippen LogP contribution in [0.5, 0.6) is 0 Å². The molecule has 0 aromatic heterocycles. The van der Waals surface area contributed by atoms with Crippen LogP contribution in [0.15, 0.2) is 36.4 Å². The minimum absolute atomic E-state index is 0.511. The van der Waals surface area contributed by atoms with E-state index in [2.05, 4.69) is 5.32 Å². The molecule has 2 N–H and O–H groups in total. The van der Waals surface area contributed by atoms with Crippen LogP contribution in [-0.4, -0.2) is 17.6 Å². The van der Waals surface area contributed by atoms with Gasteiger partial charge in [0.15, 0.2) is 0 Å². The molecule has 1 aromatic rings. The monoisotopic (exact) mass is 225 g/mol. The number of nitrogens with one attached hydrogen (secondary N) is 1. The molecule has 0 unspecified atom stereocenters. The summed E-state index contributed by atoms with van der Waals surface area (Å²) in [6.45, 7) is 1.14. The Morgan fingerprint density at radius 3 is 2.87 bits per heavy atom. The maximum atomic E-state index is 10.2. The third-order valence-electron chi connectivity index (χ3n) is 1.80. The fraction of sp³-hybridized carbons (Fsp3) is 0.182. The largest absolute Gasteiger partial charge is 0.478 e. The number of carboxylic acid groups (broad SMARTS) is 1. The first-order chi connectivity index (χ1) is 7.20. The van der Waals surface area contributed by atoms with Gasteiger partial charge in [0.25, 0.3) is 0 Å². The Hall–Kier alpha value is -1.32. The van der Waals surface area contributed by atoms with Crippen molar-refractivity contribution in [2.45, 2.75) is 6.54 Å². The fourth-order valence-corrected chi connectivity index (χ4v) is 1.29. The summed E-state index contributed by atoms with van der Waals surface area (Å²) in [7, 11) is 0. The van der Waals surface area contributed by atoms with Gasteiger partial charge < -0.3 is 10.4 Å². The van der Waals surface area contributed by atoms with Gasteiger partial charge in [0, 0.05) is 24.2 Å². The summed E-state index contributed by atoms with van der Waals surface area (Å²) in [6, 6.07) is 7.54. The van der Waals surface area contributed by atoms with Crippen molar-refractivity contribution in [2.75, 3.05) is 6.54 Å². The van der Waals surface area contributed by atoms with E-state index in [0.717, 1.165) is 11.6 Å². The first kappa shape index (κ1) is 11.8. The van der Waals surface area contributed by atoms with Crippen molar-refractivity contribution in [3.8, 4) is 0 Å². The van der Waals surface area contributed by atoms with Crippen molar-refractivity contribution in [2.24, 2.45) is 0 Å².